The van der Waals surface area contributed by atoms with Crippen LogP contribution in [0.3, 0.4) is 0 Å². The normalized spacial score (nSPS) is 14.4. The summed E-state index contributed by atoms with van der Waals surface area (Å²) < 4.78 is 10.6. The van der Waals surface area contributed by atoms with Crippen LogP contribution in [0.25, 0.3) is 11.5 Å². The molecule has 162 valence electrons. The van der Waals surface area contributed by atoms with Crippen LogP contribution in [0.1, 0.15) is 24.2 Å². The van der Waals surface area contributed by atoms with Crippen LogP contribution in [0.5, 0.6) is 5.75 Å². The van der Waals surface area contributed by atoms with Gasteiger partial charge < -0.3 is 19.1 Å². The zero-order valence-electron chi connectivity index (χ0n) is 18.0. The quantitative estimate of drug-likeness (QED) is 0.604. The van der Waals surface area contributed by atoms with Gasteiger partial charge in [0.1, 0.15) is 11.6 Å². The molecule has 8 nitrogen and oxygen atoms in total. The second kappa shape index (κ2) is 9.59. The van der Waals surface area contributed by atoms with Gasteiger partial charge in [-0.2, -0.15) is 4.98 Å². The van der Waals surface area contributed by atoms with Crippen molar-refractivity contribution in [1.82, 2.24) is 20.0 Å². The molecule has 31 heavy (non-hydrogen) atoms. The minimum atomic E-state index is 0.187. The Morgan fingerprint density at radius 2 is 1.97 bits per heavy atom. The van der Waals surface area contributed by atoms with Crippen LogP contribution in [-0.4, -0.2) is 59.2 Å². The number of anilines is 1. The highest BCUT2D eigenvalue weighted by molar-refractivity contribution is 5.77. The molecule has 0 spiro atoms. The summed E-state index contributed by atoms with van der Waals surface area (Å²) in [7, 11) is 1.65. The number of pyridine rings is 1. The molecular formula is C23H27N5O3. The molecular weight excluding hydrogens is 394 g/mol. The lowest BCUT2D eigenvalue weighted by atomic mass is 10.1. The third kappa shape index (κ3) is 5.02. The Balaban J connectivity index is 1.38. The van der Waals surface area contributed by atoms with Crippen molar-refractivity contribution in [2.24, 2.45) is 0 Å². The van der Waals surface area contributed by atoms with Crippen molar-refractivity contribution in [2.45, 2.75) is 26.2 Å². The van der Waals surface area contributed by atoms with E-state index in [9.17, 15) is 4.79 Å². The first kappa shape index (κ1) is 20.8. The number of hydrogen-bond acceptors (Lipinski definition) is 7. The molecule has 0 radical (unpaired) electrons. The van der Waals surface area contributed by atoms with E-state index in [0.29, 0.717) is 31.2 Å². The first-order chi connectivity index (χ1) is 15.1. The topological polar surface area (TPSA) is 84.6 Å². The summed E-state index contributed by atoms with van der Waals surface area (Å²) in [6.45, 7) is 4.75. The summed E-state index contributed by atoms with van der Waals surface area (Å²) in [6.07, 6.45) is 3.88. The maximum atomic E-state index is 12.8. The Kier molecular flexibility index (Phi) is 6.45. The summed E-state index contributed by atoms with van der Waals surface area (Å²) in [4.78, 5) is 25.9. The SMILES string of the molecule is COc1ccc(CCC(=O)N2CCCN(c3ncccc3-c3nc(C)no3)CC2)cc1. The third-order valence-electron chi connectivity index (χ3n) is 5.48. The van der Waals surface area contributed by atoms with Gasteiger partial charge in [0.25, 0.3) is 5.89 Å². The Bertz CT molecular complexity index is 1020. The van der Waals surface area contributed by atoms with Crippen LogP contribution in [0.15, 0.2) is 47.1 Å². The second-order valence-electron chi connectivity index (χ2n) is 7.59. The first-order valence-electron chi connectivity index (χ1n) is 10.6. The second-order valence-corrected chi connectivity index (χ2v) is 7.59. The molecule has 0 N–H and O–H groups in total. The fraction of sp³-hybridized carbons (Fsp3) is 0.391. The molecule has 3 aromatic rings. The van der Waals surface area contributed by atoms with Gasteiger partial charge in [-0.15, -0.1) is 0 Å². The number of carbonyl (C=O) groups is 1. The lowest BCUT2D eigenvalue weighted by molar-refractivity contribution is -0.130. The summed E-state index contributed by atoms with van der Waals surface area (Å²) >= 11 is 0. The van der Waals surface area contributed by atoms with E-state index in [0.717, 1.165) is 48.6 Å². The molecule has 1 fully saturated rings. The lowest BCUT2D eigenvalue weighted by Gasteiger charge is -2.24. The molecule has 1 aromatic carbocycles. The van der Waals surface area contributed by atoms with Crippen LogP contribution < -0.4 is 9.64 Å². The highest BCUT2D eigenvalue weighted by Gasteiger charge is 2.23. The zero-order valence-corrected chi connectivity index (χ0v) is 18.0. The molecule has 0 atom stereocenters. The smallest absolute Gasteiger partial charge is 0.261 e. The monoisotopic (exact) mass is 421 g/mol. The fourth-order valence-corrected chi connectivity index (χ4v) is 3.80. The summed E-state index contributed by atoms with van der Waals surface area (Å²) in [5, 5.41) is 3.90. The van der Waals surface area contributed by atoms with Gasteiger partial charge in [0.2, 0.25) is 5.91 Å². The number of amides is 1. The molecule has 0 aliphatic carbocycles. The lowest BCUT2D eigenvalue weighted by Crippen LogP contribution is -2.35. The number of aryl methyl sites for hydroxylation is 2. The van der Waals surface area contributed by atoms with E-state index in [1.54, 1.807) is 20.2 Å². The van der Waals surface area contributed by atoms with Crippen molar-refractivity contribution in [3.8, 4) is 17.2 Å². The van der Waals surface area contributed by atoms with Crippen molar-refractivity contribution in [1.29, 1.82) is 0 Å². The van der Waals surface area contributed by atoms with Gasteiger partial charge >= 0.3 is 0 Å². The van der Waals surface area contributed by atoms with Gasteiger partial charge in [0.05, 0.1) is 12.7 Å². The number of ether oxygens (including phenoxy) is 1. The number of aromatic nitrogens is 3. The third-order valence-corrected chi connectivity index (χ3v) is 5.48. The average molecular weight is 422 g/mol. The van der Waals surface area contributed by atoms with Gasteiger partial charge in [0, 0.05) is 38.8 Å². The predicted octanol–water partition coefficient (Wildman–Crippen LogP) is 3.12. The van der Waals surface area contributed by atoms with E-state index in [1.165, 1.54) is 0 Å². The number of hydrogen-bond donors (Lipinski definition) is 0. The zero-order chi connectivity index (χ0) is 21.6. The molecule has 4 rings (SSSR count). The van der Waals surface area contributed by atoms with Crippen molar-refractivity contribution in [3.63, 3.8) is 0 Å². The Morgan fingerprint density at radius 3 is 2.71 bits per heavy atom. The van der Waals surface area contributed by atoms with E-state index < -0.39 is 0 Å². The van der Waals surface area contributed by atoms with E-state index in [1.807, 2.05) is 41.3 Å². The Morgan fingerprint density at radius 1 is 1.13 bits per heavy atom. The number of benzene rings is 1. The van der Waals surface area contributed by atoms with Gasteiger partial charge in [0.15, 0.2) is 5.82 Å². The fourth-order valence-electron chi connectivity index (χ4n) is 3.80. The Labute approximate surface area is 181 Å². The van der Waals surface area contributed by atoms with E-state index in [4.69, 9.17) is 9.26 Å². The molecule has 1 saturated heterocycles. The van der Waals surface area contributed by atoms with Crippen LogP contribution >= 0.6 is 0 Å². The number of nitrogens with zero attached hydrogens (tertiary/aromatic N) is 5. The maximum Gasteiger partial charge on any atom is 0.261 e. The molecule has 0 bridgehead atoms. The first-order valence-corrected chi connectivity index (χ1v) is 10.6. The van der Waals surface area contributed by atoms with Crippen LogP contribution in [0.2, 0.25) is 0 Å². The van der Waals surface area contributed by atoms with Gasteiger partial charge in [-0.3, -0.25) is 4.79 Å². The van der Waals surface area contributed by atoms with Crippen LogP contribution in [-0.2, 0) is 11.2 Å². The maximum absolute atomic E-state index is 12.8. The van der Waals surface area contributed by atoms with E-state index in [2.05, 4.69) is 20.0 Å². The number of methoxy groups -OCH3 is 1. The largest absolute Gasteiger partial charge is 0.497 e. The summed E-state index contributed by atoms with van der Waals surface area (Å²) in [5.41, 5.74) is 1.96. The van der Waals surface area contributed by atoms with Gasteiger partial charge in [-0.1, -0.05) is 17.3 Å². The molecule has 0 saturated carbocycles. The number of carbonyl (C=O) groups excluding carboxylic acids is 1. The molecule has 0 unspecified atom stereocenters. The van der Waals surface area contributed by atoms with Crippen molar-refractivity contribution < 1.29 is 14.1 Å². The molecule has 3 heterocycles. The number of rotatable bonds is 6. The highest BCUT2D eigenvalue weighted by atomic mass is 16.5. The minimum Gasteiger partial charge on any atom is -0.497 e. The average Bonchev–Trinajstić information content (AvgIpc) is 3.09. The van der Waals surface area contributed by atoms with Gasteiger partial charge in [-0.05, 0) is 49.6 Å². The van der Waals surface area contributed by atoms with E-state index >= 15 is 0 Å². The summed E-state index contributed by atoms with van der Waals surface area (Å²) in [5.74, 6) is 2.89. The summed E-state index contributed by atoms with van der Waals surface area (Å²) in [6, 6.07) is 11.7. The molecule has 2 aromatic heterocycles. The molecule has 1 aliphatic heterocycles. The predicted molar refractivity (Wildman–Crippen MR) is 117 cm³/mol. The molecule has 1 aliphatic rings. The van der Waals surface area contributed by atoms with Crippen molar-refractivity contribution >= 4 is 11.7 Å². The van der Waals surface area contributed by atoms with E-state index in [-0.39, 0.29) is 5.91 Å². The van der Waals surface area contributed by atoms with Crippen molar-refractivity contribution in [2.75, 3.05) is 38.2 Å². The molecule has 1 amide bonds. The van der Waals surface area contributed by atoms with Gasteiger partial charge in [-0.25, -0.2) is 4.98 Å². The molecule has 8 heteroatoms. The Hall–Kier alpha value is -3.42. The standard InChI is InChI=1S/C23H27N5O3/c1-17-25-23(31-26-17)20-5-3-12-24-22(20)28-14-4-13-27(15-16-28)21(29)11-8-18-6-9-19(30-2)10-7-18/h3,5-7,9-10,12H,4,8,11,13-16H2,1-2H3. The highest BCUT2D eigenvalue weighted by Crippen LogP contribution is 2.28. The minimum absolute atomic E-state index is 0.187. The van der Waals surface area contributed by atoms with Crippen molar-refractivity contribution in [3.05, 3.63) is 54.0 Å². The van der Waals surface area contributed by atoms with Crippen LogP contribution in [0.4, 0.5) is 5.82 Å². The van der Waals surface area contributed by atoms with Crippen LogP contribution in [0, 0.1) is 6.92 Å².